The van der Waals surface area contributed by atoms with E-state index < -0.39 is 0 Å². The molecule has 3 aromatic rings. The third kappa shape index (κ3) is 4.95. The van der Waals surface area contributed by atoms with E-state index in [0.29, 0.717) is 22.3 Å². The highest BCUT2D eigenvalue weighted by Gasteiger charge is 2.21. The van der Waals surface area contributed by atoms with E-state index in [9.17, 15) is 10.1 Å². The number of hydrogen-bond donors (Lipinski definition) is 1. The van der Waals surface area contributed by atoms with Gasteiger partial charge in [0.15, 0.2) is 11.0 Å². The molecule has 0 bridgehead atoms. The number of nitrogens with one attached hydrogen (secondary N) is 1. The van der Waals surface area contributed by atoms with Crippen LogP contribution in [0.25, 0.3) is 11.4 Å². The summed E-state index contributed by atoms with van der Waals surface area (Å²) < 4.78 is 1.96. The van der Waals surface area contributed by atoms with Crippen molar-refractivity contribution in [2.45, 2.75) is 50.2 Å². The van der Waals surface area contributed by atoms with Crippen molar-refractivity contribution in [1.29, 1.82) is 5.26 Å². The predicted octanol–water partition coefficient (Wildman–Crippen LogP) is 5.45. The second-order valence-electron chi connectivity index (χ2n) is 7.64. The summed E-state index contributed by atoms with van der Waals surface area (Å²) in [6.45, 7) is 4.39. The fourth-order valence-electron chi connectivity index (χ4n) is 3.91. The Kier molecular flexibility index (Phi) is 7.40. The Labute approximate surface area is 196 Å². The smallest absolute Gasteiger partial charge is 0.235 e. The van der Waals surface area contributed by atoms with Crippen LogP contribution in [-0.2, 0) is 24.2 Å². The third-order valence-corrected chi connectivity index (χ3v) is 7.60. The molecule has 0 atom stereocenters. The molecule has 32 heavy (non-hydrogen) atoms. The summed E-state index contributed by atoms with van der Waals surface area (Å²) in [4.78, 5) is 14.0. The third-order valence-electron chi connectivity index (χ3n) is 5.43. The molecule has 1 amide bonds. The van der Waals surface area contributed by atoms with Gasteiger partial charge in [-0.1, -0.05) is 61.0 Å². The van der Waals surface area contributed by atoms with Gasteiger partial charge in [-0.05, 0) is 31.2 Å². The second-order valence-corrected chi connectivity index (χ2v) is 9.69. The van der Waals surface area contributed by atoms with Crippen LogP contribution in [-0.4, -0.2) is 26.4 Å². The molecular formula is C24H25N5OS2. The maximum atomic E-state index is 12.7. The largest absolute Gasteiger partial charge is 0.316 e. The summed E-state index contributed by atoms with van der Waals surface area (Å²) >= 11 is 2.90. The van der Waals surface area contributed by atoms with Gasteiger partial charge in [-0.3, -0.25) is 9.36 Å². The zero-order valence-corrected chi connectivity index (χ0v) is 19.5. The van der Waals surface area contributed by atoms with Crippen LogP contribution in [0.2, 0.25) is 0 Å². The Balaban J connectivity index is 1.47. The van der Waals surface area contributed by atoms with E-state index in [1.807, 2.05) is 34.9 Å². The van der Waals surface area contributed by atoms with Crippen molar-refractivity contribution in [3.63, 3.8) is 0 Å². The number of carbonyl (C=O) groups excluding carboxylic acids is 1. The average molecular weight is 464 g/mol. The molecule has 6 nitrogen and oxygen atoms in total. The topological polar surface area (TPSA) is 83.6 Å². The minimum atomic E-state index is -0.143. The van der Waals surface area contributed by atoms with Gasteiger partial charge in [0.05, 0.1) is 11.3 Å². The van der Waals surface area contributed by atoms with Crippen LogP contribution in [0.3, 0.4) is 0 Å². The first kappa shape index (κ1) is 22.3. The monoisotopic (exact) mass is 463 g/mol. The van der Waals surface area contributed by atoms with Gasteiger partial charge in [0.1, 0.15) is 11.1 Å². The lowest BCUT2D eigenvalue weighted by molar-refractivity contribution is -0.113. The number of thiophene rings is 1. The maximum Gasteiger partial charge on any atom is 0.235 e. The predicted molar refractivity (Wildman–Crippen MR) is 130 cm³/mol. The minimum absolute atomic E-state index is 0.143. The summed E-state index contributed by atoms with van der Waals surface area (Å²) in [5.41, 5.74) is 2.75. The van der Waals surface area contributed by atoms with Crippen molar-refractivity contribution >= 4 is 34.0 Å². The lowest BCUT2D eigenvalue weighted by Gasteiger charge is -2.09. The van der Waals surface area contributed by atoms with E-state index in [4.69, 9.17) is 0 Å². The minimum Gasteiger partial charge on any atom is -0.316 e. The lowest BCUT2D eigenvalue weighted by Crippen LogP contribution is -2.14. The quantitative estimate of drug-likeness (QED) is 0.372. The summed E-state index contributed by atoms with van der Waals surface area (Å²) in [7, 11) is 0. The fraction of sp³-hybridized carbons (Fsp3) is 0.333. The van der Waals surface area contributed by atoms with Gasteiger partial charge in [0.2, 0.25) is 5.91 Å². The highest BCUT2D eigenvalue weighted by Crippen LogP contribution is 2.36. The molecule has 8 heteroatoms. The number of aromatic nitrogens is 3. The Bertz CT molecular complexity index is 1140. The Morgan fingerprint density at radius 1 is 1.22 bits per heavy atom. The van der Waals surface area contributed by atoms with Gasteiger partial charge in [0, 0.05) is 17.0 Å². The molecule has 1 aliphatic carbocycles. The highest BCUT2D eigenvalue weighted by molar-refractivity contribution is 7.99. The van der Waals surface area contributed by atoms with E-state index in [0.717, 1.165) is 42.6 Å². The molecule has 164 valence electrons. The van der Waals surface area contributed by atoms with Crippen LogP contribution >= 0.6 is 23.1 Å². The lowest BCUT2D eigenvalue weighted by atomic mass is 9.97. The molecule has 2 heterocycles. The van der Waals surface area contributed by atoms with E-state index in [1.165, 1.54) is 29.5 Å². The zero-order chi connectivity index (χ0) is 22.3. The van der Waals surface area contributed by atoms with E-state index >= 15 is 0 Å². The number of carbonyl (C=O) groups is 1. The van der Waals surface area contributed by atoms with E-state index in [1.54, 1.807) is 17.4 Å². The first-order chi connectivity index (χ1) is 15.7. The van der Waals surface area contributed by atoms with E-state index in [-0.39, 0.29) is 11.7 Å². The summed E-state index contributed by atoms with van der Waals surface area (Å²) in [6.07, 6.45) is 8.39. The van der Waals surface area contributed by atoms with Crippen LogP contribution in [0.4, 0.5) is 5.00 Å². The number of nitriles is 1. The summed E-state index contributed by atoms with van der Waals surface area (Å²) in [5.74, 6) is 0.797. The molecule has 0 fully saturated rings. The number of allylic oxidation sites excluding steroid dienone is 1. The average Bonchev–Trinajstić information content (AvgIpc) is 3.33. The van der Waals surface area contributed by atoms with Crippen LogP contribution in [0, 0.1) is 11.3 Å². The molecule has 1 aromatic carbocycles. The first-order valence-electron chi connectivity index (χ1n) is 10.8. The Morgan fingerprint density at radius 3 is 2.75 bits per heavy atom. The van der Waals surface area contributed by atoms with Crippen molar-refractivity contribution in [3.05, 3.63) is 59.0 Å². The fourth-order valence-corrected chi connectivity index (χ4v) is 5.91. The van der Waals surface area contributed by atoms with Crippen molar-refractivity contribution in [1.82, 2.24) is 14.8 Å². The van der Waals surface area contributed by atoms with Gasteiger partial charge in [-0.25, -0.2) is 0 Å². The molecule has 0 unspecified atom stereocenters. The van der Waals surface area contributed by atoms with Crippen molar-refractivity contribution in [2.24, 2.45) is 0 Å². The Morgan fingerprint density at radius 2 is 2.00 bits per heavy atom. The van der Waals surface area contributed by atoms with Crippen LogP contribution < -0.4 is 5.32 Å². The molecule has 0 saturated carbocycles. The number of benzene rings is 1. The number of rotatable bonds is 7. The van der Waals surface area contributed by atoms with Crippen molar-refractivity contribution < 1.29 is 4.79 Å². The molecular weight excluding hydrogens is 438 g/mol. The standard InChI is InChI=1S/C24H25N5OS2/c1-2-14-29-22(17-10-6-5-7-11-17)27-28-24(29)31-16-21(30)26-23-19(15-25)18-12-8-3-4-9-13-20(18)32-23/h2,5-7,10-11H,1,3-4,8-9,12-14,16H2,(H,26,30). The van der Waals surface area contributed by atoms with Gasteiger partial charge in [0.25, 0.3) is 0 Å². The molecule has 0 aliphatic heterocycles. The van der Waals surface area contributed by atoms with Gasteiger partial charge in [-0.2, -0.15) is 5.26 Å². The molecule has 2 aromatic heterocycles. The molecule has 0 radical (unpaired) electrons. The van der Waals surface area contributed by atoms with Crippen LogP contribution in [0.5, 0.6) is 0 Å². The molecule has 4 rings (SSSR count). The Hall–Kier alpha value is -2.89. The number of hydrogen-bond acceptors (Lipinski definition) is 6. The summed E-state index contributed by atoms with van der Waals surface area (Å²) in [6, 6.07) is 12.2. The molecule has 1 aliphatic rings. The van der Waals surface area contributed by atoms with E-state index in [2.05, 4.69) is 28.2 Å². The SMILES string of the molecule is C=CCn1c(SCC(=O)Nc2sc3c(c2C#N)CCCCCC3)nnc1-c1ccccc1. The number of nitrogens with zero attached hydrogens (tertiary/aromatic N) is 4. The number of thioether (sulfide) groups is 1. The number of amides is 1. The maximum absolute atomic E-state index is 12.7. The van der Waals surface area contributed by atoms with Gasteiger partial charge < -0.3 is 5.32 Å². The zero-order valence-electron chi connectivity index (χ0n) is 17.8. The van der Waals surface area contributed by atoms with Gasteiger partial charge in [-0.15, -0.1) is 28.1 Å². The normalized spacial score (nSPS) is 13.5. The van der Waals surface area contributed by atoms with Crippen LogP contribution in [0.1, 0.15) is 41.7 Å². The molecule has 0 saturated heterocycles. The first-order valence-corrected chi connectivity index (χ1v) is 12.6. The van der Waals surface area contributed by atoms with Crippen molar-refractivity contribution in [3.8, 4) is 17.5 Å². The second kappa shape index (κ2) is 10.6. The molecule has 0 spiro atoms. The summed E-state index contributed by atoms with van der Waals surface area (Å²) in [5, 5.41) is 22.7. The number of anilines is 1. The highest BCUT2D eigenvalue weighted by atomic mass is 32.2. The number of fused-ring (bicyclic) bond motifs is 1. The number of aryl methyl sites for hydroxylation is 1. The molecule has 1 N–H and O–H groups in total. The van der Waals surface area contributed by atoms with Crippen LogP contribution in [0.15, 0.2) is 48.1 Å². The van der Waals surface area contributed by atoms with Crippen molar-refractivity contribution in [2.75, 3.05) is 11.1 Å². The van der Waals surface area contributed by atoms with Gasteiger partial charge >= 0.3 is 0 Å².